The normalized spacial score (nSPS) is 10.4. The summed E-state index contributed by atoms with van der Waals surface area (Å²) in [5.74, 6) is -0.868. The van der Waals surface area contributed by atoms with Gasteiger partial charge in [0.25, 0.3) is 5.91 Å². The number of carbonyl (C=O) groups is 1. The molecule has 0 spiro atoms. The minimum atomic E-state index is -0.540. The number of aromatic nitrogens is 3. The first-order valence-electron chi connectivity index (χ1n) is 6.48. The molecule has 0 radical (unpaired) electrons. The quantitative estimate of drug-likeness (QED) is 0.829. The summed E-state index contributed by atoms with van der Waals surface area (Å²) in [5.41, 5.74) is 5.83. The highest BCUT2D eigenvalue weighted by atomic mass is 19.1. The lowest BCUT2D eigenvalue weighted by Gasteiger charge is -2.07. The van der Waals surface area contributed by atoms with Crippen LogP contribution in [0.5, 0.6) is 5.75 Å². The number of carbonyl (C=O) groups excluding carboxylic acids is 1. The first-order chi connectivity index (χ1) is 10.1. The van der Waals surface area contributed by atoms with E-state index >= 15 is 0 Å². The highest BCUT2D eigenvalue weighted by Crippen LogP contribution is 2.21. The Morgan fingerprint density at radius 2 is 2.33 bits per heavy atom. The van der Waals surface area contributed by atoms with E-state index in [0.717, 1.165) is 0 Å². The number of anilines is 1. The minimum Gasteiger partial charge on any atom is -0.491 e. The Bertz CT molecular complexity index is 629. The van der Waals surface area contributed by atoms with Gasteiger partial charge in [0.2, 0.25) is 0 Å². The van der Waals surface area contributed by atoms with Crippen molar-refractivity contribution in [2.75, 3.05) is 18.5 Å². The third kappa shape index (κ3) is 3.76. The van der Waals surface area contributed by atoms with Crippen molar-refractivity contribution in [1.82, 2.24) is 15.0 Å². The van der Waals surface area contributed by atoms with Crippen molar-refractivity contribution in [2.24, 2.45) is 5.73 Å². The third-order valence-electron chi connectivity index (χ3n) is 2.62. The molecule has 8 heteroatoms. The van der Waals surface area contributed by atoms with Gasteiger partial charge in [0.05, 0.1) is 19.3 Å². The van der Waals surface area contributed by atoms with Crippen molar-refractivity contribution in [3.05, 3.63) is 35.9 Å². The van der Waals surface area contributed by atoms with Crippen LogP contribution >= 0.6 is 0 Å². The molecule has 1 aromatic heterocycles. The number of nitrogens with one attached hydrogen (secondary N) is 1. The van der Waals surface area contributed by atoms with Crippen molar-refractivity contribution in [2.45, 2.75) is 13.5 Å². The number of ether oxygens (including phenoxy) is 1. The van der Waals surface area contributed by atoms with Crippen LogP contribution in [0, 0.1) is 5.82 Å². The lowest BCUT2D eigenvalue weighted by molar-refractivity contribution is 0.102. The molecule has 21 heavy (non-hydrogen) atoms. The molecule has 0 saturated carbocycles. The van der Waals surface area contributed by atoms with Crippen molar-refractivity contribution in [3.63, 3.8) is 0 Å². The van der Waals surface area contributed by atoms with E-state index in [1.165, 1.54) is 23.0 Å². The Hall–Kier alpha value is -2.48. The van der Waals surface area contributed by atoms with Crippen LogP contribution in [-0.4, -0.2) is 34.1 Å². The highest BCUT2D eigenvalue weighted by Gasteiger charge is 2.12. The average Bonchev–Trinajstić information content (AvgIpc) is 2.91. The molecule has 0 atom stereocenters. The molecule has 0 fully saturated rings. The van der Waals surface area contributed by atoms with E-state index in [0.29, 0.717) is 25.4 Å². The number of hydrogen-bond donors (Lipinski definition) is 2. The molecular weight excluding hydrogens is 277 g/mol. The Labute approximate surface area is 120 Å². The summed E-state index contributed by atoms with van der Waals surface area (Å²) in [6, 6.07) is 4.20. The van der Waals surface area contributed by atoms with Crippen LogP contribution in [0.25, 0.3) is 0 Å². The zero-order valence-electron chi connectivity index (χ0n) is 11.5. The van der Waals surface area contributed by atoms with Crippen molar-refractivity contribution in [1.29, 1.82) is 0 Å². The largest absolute Gasteiger partial charge is 0.491 e. The summed E-state index contributed by atoms with van der Waals surface area (Å²) in [4.78, 5) is 11.9. The molecule has 0 aliphatic carbocycles. The molecule has 2 aromatic rings. The number of nitrogens with zero attached hydrogens (tertiary/aromatic N) is 3. The van der Waals surface area contributed by atoms with Crippen molar-refractivity contribution in [3.8, 4) is 5.75 Å². The predicted molar refractivity (Wildman–Crippen MR) is 74.6 cm³/mol. The summed E-state index contributed by atoms with van der Waals surface area (Å²) < 4.78 is 20.2. The van der Waals surface area contributed by atoms with E-state index in [4.69, 9.17) is 10.5 Å². The fourth-order valence-electron chi connectivity index (χ4n) is 1.69. The van der Waals surface area contributed by atoms with Gasteiger partial charge in [-0.05, 0) is 19.1 Å². The molecule has 0 saturated heterocycles. The van der Waals surface area contributed by atoms with Gasteiger partial charge in [-0.2, -0.15) is 0 Å². The van der Waals surface area contributed by atoms with E-state index in [2.05, 4.69) is 15.6 Å². The van der Waals surface area contributed by atoms with Crippen LogP contribution in [0.15, 0.2) is 24.4 Å². The summed E-state index contributed by atoms with van der Waals surface area (Å²) in [6.07, 6.45) is 1.48. The second-order valence-corrected chi connectivity index (χ2v) is 4.19. The van der Waals surface area contributed by atoms with E-state index in [-0.39, 0.29) is 11.4 Å². The molecule has 1 heterocycles. The van der Waals surface area contributed by atoms with Crippen LogP contribution in [0.2, 0.25) is 0 Å². The average molecular weight is 293 g/mol. The minimum absolute atomic E-state index is 0.137. The topological polar surface area (TPSA) is 95.1 Å². The highest BCUT2D eigenvalue weighted by molar-refractivity contribution is 6.02. The van der Waals surface area contributed by atoms with Crippen LogP contribution in [0.4, 0.5) is 10.1 Å². The van der Waals surface area contributed by atoms with Crippen LogP contribution in [0.3, 0.4) is 0 Å². The van der Waals surface area contributed by atoms with Crippen LogP contribution in [0.1, 0.15) is 17.4 Å². The second-order valence-electron chi connectivity index (χ2n) is 4.19. The van der Waals surface area contributed by atoms with Gasteiger partial charge in [0, 0.05) is 18.3 Å². The Morgan fingerprint density at radius 1 is 1.52 bits per heavy atom. The lowest BCUT2D eigenvalue weighted by Crippen LogP contribution is -2.13. The fraction of sp³-hybridized carbons (Fsp3) is 0.308. The van der Waals surface area contributed by atoms with Crippen molar-refractivity contribution >= 4 is 11.6 Å². The standard InChI is InChI=1S/C13H16FN5O2/c1-2-21-12-4-3-9(7-10(12)14)16-13(20)11-8-19(6-5-15)18-17-11/h3-4,7-8H,2,5-6,15H2,1H3,(H,16,20). The van der Waals surface area contributed by atoms with Gasteiger partial charge >= 0.3 is 0 Å². The van der Waals surface area contributed by atoms with Gasteiger partial charge < -0.3 is 15.8 Å². The summed E-state index contributed by atoms with van der Waals surface area (Å²) in [5, 5.41) is 10.0. The molecule has 0 unspecified atom stereocenters. The Balaban J connectivity index is 2.06. The summed E-state index contributed by atoms with van der Waals surface area (Å²) in [7, 11) is 0. The summed E-state index contributed by atoms with van der Waals surface area (Å²) in [6.45, 7) is 3.00. The molecule has 1 aromatic carbocycles. The molecular formula is C13H16FN5O2. The van der Waals surface area contributed by atoms with E-state index in [9.17, 15) is 9.18 Å². The predicted octanol–water partition coefficient (Wildman–Crippen LogP) is 1.03. The van der Waals surface area contributed by atoms with E-state index < -0.39 is 11.7 Å². The molecule has 2 rings (SSSR count). The number of halogens is 1. The number of benzene rings is 1. The maximum absolute atomic E-state index is 13.7. The maximum atomic E-state index is 13.7. The lowest BCUT2D eigenvalue weighted by atomic mass is 10.2. The first-order valence-corrected chi connectivity index (χ1v) is 6.48. The molecule has 112 valence electrons. The van der Waals surface area contributed by atoms with Gasteiger partial charge in [0.1, 0.15) is 0 Å². The molecule has 7 nitrogen and oxygen atoms in total. The molecule has 0 aliphatic rings. The first kappa shape index (κ1) is 14.9. The third-order valence-corrected chi connectivity index (χ3v) is 2.62. The van der Waals surface area contributed by atoms with Gasteiger partial charge in [-0.15, -0.1) is 5.10 Å². The Kier molecular flexibility index (Phi) is 4.83. The smallest absolute Gasteiger partial charge is 0.277 e. The number of hydrogen-bond acceptors (Lipinski definition) is 5. The van der Waals surface area contributed by atoms with Gasteiger partial charge in [0.15, 0.2) is 17.3 Å². The second kappa shape index (κ2) is 6.80. The zero-order chi connectivity index (χ0) is 15.2. The zero-order valence-corrected chi connectivity index (χ0v) is 11.5. The molecule has 1 amide bonds. The monoisotopic (exact) mass is 293 g/mol. The van der Waals surface area contributed by atoms with Crippen LogP contribution in [-0.2, 0) is 6.54 Å². The van der Waals surface area contributed by atoms with E-state index in [1.807, 2.05) is 0 Å². The van der Waals surface area contributed by atoms with E-state index in [1.54, 1.807) is 13.0 Å². The summed E-state index contributed by atoms with van der Waals surface area (Å²) >= 11 is 0. The van der Waals surface area contributed by atoms with Crippen molar-refractivity contribution < 1.29 is 13.9 Å². The van der Waals surface area contributed by atoms with Gasteiger partial charge in [-0.3, -0.25) is 9.48 Å². The molecule has 0 aliphatic heterocycles. The van der Waals surface area contributed by atoms with Crippen LogP contribution < -0.4 is 15.8 Å². The molecule has 0 bridgehead atoms. The number of rotatable bonds is 6. The van der Waals surface area contributed by atoms with Gasteiger partial charge in [-0.25, -0.2) is 4.39 Å². The maximum Gasteiger partial charge on any atom is 0.277 e. The Morgan fingerprint density at radius 3 is 3.00 bits per heavy atom. The number of amides is 1. The molecule has 3 N–H and O–H groups in total. The number of nitrogens with two attached hydrogens (primary N) is 1. The van der Waals surface area contributed by atoms with Gasteiger partial charge in [-0.1, -0.05) is 5.21 Å². The fourth-order valence-corrected chi connectivity index (χ4v) is 1.69. The SMILES string of the molecule is CCOc1ccc(NC(=O)c2cn(CCN)nn2)cc1F.